The van der Waals surface area contributed by atoms with Crippen LogP contribution in [-0.2, 0) is 16.0 Å². The summed E-state index contributed by atoms with van der Waals surface area (Å²) < 4.78 is 13.9. The van der Waals surface area contributed by atoms with E-state index in [9.17, 15) is 14.0 Å². The van der Waals surface area contributed by atoms with Crippen LogP contribution in [0.25, 0.3) is 0 Å². The second-order valence-corrected chi connectivity index (χ2v) is 5.79. The Morgan fingerprint density at radius 1 is 1.12 bits per heavy atom. The van der Waals surface area contributed by atoms with Gasteiger partial charge in [0, 0.05) is 5.69 Å². The zero-order chi connectivity index (χ0) is 18.2. The Morgan fingerprint density at radius 2 is 1.81 bits per heavy atom. The number of rotatable bonds is 7. The third-order valence-corrected chi connectivity index (χ3v) is 3.65. The smallest absolute Gasteiger partial charge is 0.241 e. The summed E-state index contributed by atoms with van der Waals surface area (Å²) in [5.41, 5.74) is 6.98. The summed E-state index contributed by atoms with van der Waals surface area (Å²) in [6.07, 6.45) is 1.49. The number of nitrogens with two attached hydrogens (primary N) is 1. The summed E-state index contributed by atoms with van der Waals surface area (Å²) in [5, 5.41) is 5.17. The van der Waals surface area contributed by atoms with Crippen molar-refractivity contribution in [2.45, 2.75) is 32.2 Å². The molecule has 140 valence electrons. The fourth-order valence-electron chi connectivity index (χ4n) is 2.35. The largest absolute Gasteiger partial charge is 0.325 e. The van der Waals surface area contributed by atoms with Crippen LogP contribution in [0, 0.1) is 5.82 Å². The van der Waals surface area contributed by atoms with Crippen LogP contribution >= 0.6 is 12.4 Å². The lowest BCUT2D eigenvalue weighted by atomic mass is 10.1. The predicted molar refractivity (Wildman–Crippen MR) is 104 cm³/mol. The van der Waals surface area contributed by atoms with Crippen molar-refractivity contribution in [3.05, 3.63) is 59.9 Å². The number of hydrogen-bond donors (Lipinski definition) is 3. The molecule has 0 heterocycles. The summed E-state index contributed by atoms with van der Waals surface area (Å²) >= 11 is 0. The normalized spacial score (nSPS) is 11.2. The van der Waals surface area contributed by atoms with Crippen molar-refractivity contribution < 1.29 is 14.0 Å². The number of benzene rings is 2. The molecule has 1 unspecified atom stereocenters. The summed E-state index contributed by atoms with van der Waals surface area (Å²) in [7, 11) is 0. The lowest BCUT2D eigenvalue weighted by Crippen LogP contribution is -2.35. The average molecular weight is 380 g/mol. The van der Waals surface area contributed by atoms with Gasteiger partial charge in [-0.1, -0.05) is 43.7 Å². The van der Waals surface area contributed by atoms with Crippen LogP contribution in [0.1, 0.15) is 25.3 Å². The topological polar surface area (TPSA) is 84.2 Å². The Hall–Kier alpha value is -2.44. The van der Waals surface area contributed by atoms with E-state index in [2.05, 4.69) is 10.6 Å². The number of halogens is 2. The molecule has 0 bridgehead atoms. The molecule has 0 saturated heterocycles. The minimum Gasteiger partial charge on any atom is -0.325 e. The van der Waals surface area contributed by atoms with Crippen LogP contribution < -0.4 is 16.4 Å². The fraction of sp³-hybridized carbons (Fsp3) is 0.263. The molecule has 5 nitrogen and oxygen atoms in total. The molecular formula is C19H23ClFN3O2. The second-order valence-electron chi connectivity index (χ2n) is 5.79. The van der Waals surface area contributed by atoms with E-state index < -0.39 is 11.9 Å². The number of carbonyl (C=O) groups is 2. The van der Waals surface area contributed by atoms with Crippen molar-refractivity contribution in [1.29, 1.82) is 0 Å². The van der Waals surface area contributed by atoms with E-state index in [0.717, 1.165) is 12.0 Å². The molecule has 2 aromatic rings. The molecule has 7 heteroatoms. The van der Waals surface area contributed by atoms with Gasteiger partial charge in [0.05, 0.1) is 18.2 Å². The van der Waals surface area contributed by atoms with Crippen LogP contribution in [0.2, 0.25) is 0 Å². The second kappa shape index (κ2) is 10.5. The van der Waals surface area contributed by atoms with Gasteiger partial charge in [0.2, 0.25) is 11.8 Å². The average Bonchev–Trinajstić information content (AvgIpc) is 2.59. The summed E-state index contributed by atoms with van der Waals surface area (Å²) in [6.45, 7) is 1.94. The van der Waals surface area contributed by atoms with Gasteiger partial charge in [-0.2, -0.15) is 0 Å². The first kappa shape index (κ1) is 21.6. The Kier molecular flexibility index (Phi) is 8.75. The van der Waals surface area contributed by atoms with E-state index in [4.69, 9.17) is 5.73 Å². The van der Waals surface area contributed by atoms with Gasteiger partial charge in [0.25, 0.3) is 0 Å². The Bertz CT molecular complexity index is 741. The zero-order valence-corrected chi connectivity index (χ0v) is 15.3. The first-order valence-electron chi connectivity index (χ1n) is 8.19. The molecule has 0 aliphatic heterocycles. The lowest BCUT2D eigenvalue weighted by Gasteiger charge is -2.13. The monoisotopic (exact) mass is 379 g/mol. The van der Waals surface area contributed by atoms with Crippen molar-refractivity contribution >= 4 is 35.6 Å². The Morgan fingerprint density at radius 3 is 2.46 bits per heavy atom. The van der Waals surface area contributed by atoms with E-state index in [-0.39, 0.29) is 36.3 Å². The van der Waals surface area contributed by atoms with E-state index in [1.807, 2.05) is 37.3 Å². The molecule has 2 amide bonds. The maximum atomic E-state index is 13.9. The van der Waals surface area contributed by atoms with Crippen LogP contribution in [0.5, 0.6) is 0 Å². The van der Waals surface area contributed by atoms with Crippen molar-refractivity contribution in [2.75, 3.05) is 10.6 Å². The van der Waals surface area contributed by atoms with Crippen molar-refractivity contribution in [3.8, 4) is 0 Å². The maximum Gasteiger partial charge on any atom is 0.241 e. The third kappa shape index (κ3) is 6.46. The van der Waals surface area contributed by atoms with Gasteiger partial charge in [-0.25, -0.2) is 4.39 Å². The molecule has 4 N–H and O–H groups in total. The summed E-state index contributed by atoms with van der Waals surface area (Å²) in [6, 6.07) is 12.6. The molecule has 0 saturated carbocycles. The molecule has 0 spiro atoms. The van der Waals surface area contributed by atoms with Gasteiger partial charge in [0.15, 0.2) is 0 Å². The highest BCUT2D eigenvalue weighted by Gasteiger charge is 2.14. The first-order valence-corrected chi connectivity index (χ1v) is 8.19. The number of hydrogen-bond acceptors (Lipinski definition) is 3. The molecule has 0 aliphatic carbocycles. The van der Waals surface area contributed by atoms with E-state index >= 15 is 0 Å². The zero-order valence-electron chi connectivity index (χ0n) is 14.5. The maximum absolute atomic E-state index is 13.9. The molecule has 1 atom stereocenters. The summed E-state index contributed by atoms with van der Waals surface area (Å²) in [5.74, 6) is -1.25. The molecule has 2 rings (SSSR count). The minimum absolute atomic E-state index is 0. The fourth-order valence-corrected chi connectivity index (χ4v) is 2.35. The van der Waals surface area contributed by atoms with Crippen LogP contribution in [0.15, 0.2) is 48.5 Å². The van der Waals surface area contributed by atoms with Gasteiger partial charge in [0.1, 0.15) is 5.82 Å². The Balaban J connectivity index is 0.00000338. The van der Waals surface area contributed by atoms with Crippen molar-refractivity contribution in [2.24, 2.45) is 5.73 Å². The van der Waals surface area contributed by atoms with E-state index in [1.54, 1.807) is 0 Å². The quantitative estimate of drug-likeness (QED) is 0.688. The molecule has 2 aromatic carbocycles. The summed E-state index contributed by atoms with van der Waals surface area (Å²) in [4.78, 5) is 24.0. The van der Waals surface area contributed by atoms with Crippen LogP contribution in [-0.4, -0.2) is 17.9 Å². The molecule has 0 fully saturated rings. The van der Waals surface area contributed by atoms with Crippen molar-refractivity contribution in [3.63, 3.8) is 0 Å². The van der Waals surface area contributed by atoms with E-state index in [1.165, 1.54) is 18.2 Å². The van der Waals surface area contributed by atoms with Gasteiger partial charge < -0.3 is 16.4 Å². The standard InChI is InChI=1S/C19H22FN3O2.ClH/c1-2-6-16(21)19(25)22-14-9-10-15(20)17(12-14)23-18(24)11-13-7-4-3-5-8-13;/h3-5,7-10,12,16H,2,6,11,21H2,1H3,(H,22,25)(H,23,24);1H. The van der Waals surface area contributed by atoms with Gasteiger partial charge in [-0.3, -0.25) is 9.59 Å². The molecule has 0 radical (unpaired) electrons. The molecular weight excluding hydrogens is 357 g/mol. The van der Waals surface area contributed by atoms with Gasteiger partial charge >= 0.3 is 0 Å². The molecule has 0 aliphatic rings. The van der Waals surface area contributed by atoms with E-state index in [0.29, 0.717) is 12.1 Å². The van der Waals surface area contributed by atoms with Gasteiger partial charge in [-0.15, -0.1) is 12.4 Å². The van der Waals surface area contributed by atoms with Crippen molar-refractivity contribution in [1.82, 2.24) is 0 Å². The molecule has 26 heavy (non-hydrogen) atoms. The number of nitrogens with one attached hydrogen (secondary N) is 2. The van der Waals surface area contributed by atoms with Crippen LogP contribution in [0.3, 0.4) is 0 Å². The molecule has 0 aromatic heterocycles. The SMILES string of the molecule is CCCC(N)C(=O)Nc1ccc(F)c(NC(=O)Cc2ccccc2)c1.Cl. The number of carbonyl (C=O) groups excluding carboxylic acids is 2. The highest BCUT2D eigenvalue weighted by atomic mass is 35.5. The third-order valence-electron chi connectivity index (χ3n) is 3.65. The lowest BCUT2D eigenvalue weighted by molar-refractivity contribution is -0.117. The highest BCUT2D eigenvalue weighted by molar-refractivity contribution is 5.96. The number of amides is 2. The predicted octanol–water partition coefficient (Wildman–Crippen LogP) is 3.49. The minimum atomic E-state index is -0.619. The van der Waals surface area contributed by atoms with Crippen LogP contribution in [0.4, 0.5) is 15.8 Å². The first-order chi connectivity index (χ1) is 12.0. The number of anilines is 2. The van der Waals surface area contributed by atoms with Gasteiger partial charge in [-0.05, 0) is 30.2 Å². The highest BCUT2D eigenvalue weighted by Crippen LogP contribution is 2.20. The Labute approximate surface area is 158 Å².